The first-order chi connectivity index (χ1) is 9.99. The van der Waals surface area contributed by atoms with E-state index in [9.17, 15) is 9.18 Å². The van der Waals surface area contributed by atoms with Gasteiger partial charge < -0.3 is 10.6 Å². The van der Waals surface area contributed by atoms with E-state index in [0.717, 1.165) is 11.1 Å². The van der Waals surface area contributed by atoms with Gasteiger partial charge in [0.2, 0.25) is 0 Å². The van der Waals surface area contributed by atoms with Crippen LogP contribution in [0.5, 0.6) is 0 Å². The largest absolute Gasteiger partial charge is 0.399 e. The first kappa shape index (κ1) is 15.0. The van der Waals surface area contributed by atoms with Gasteiger partial charge in [-0.05, 0) is 55.3 Å². The predicted molar refractivity (Wildman–Crippen MR) is 82.4 cm³/mol. The van der Waals surface area contributed by atoms with Crippen LogP contribution in [0.15, 0.2) is 42.5 Å². The second kappa shape index (κ2) is 6.39. The number of halogens is 1. The lowest BCUT2D eigenvalue weighted by Gasteiger charge is -2.21. The predicted octanol–water partition coefficient (Wildman–Crippen LogP) is 3.38. The molecule has 0 fully saturated rings. The molecule has 3 nitrogen and oxygen atoms in total. The molecule has 2 N–H and O–H groups in total. The number of hydrogen-bond donors (Lipinski definition) is 1. The molecule has 0 spiro atoms. The van der Waals surface area contributed by atoms with E-state index in [1.165, 1.54) is 12.1 Å². The topological polar surface area (TPSA) is 46.3 Å². The van der Waals surface area contributed by atoms with Crippen molar-refractivity contribution in [1.82, 2.24) is 4.90 Å². The van der Waals surface area contributed by atoms with Crippen molar-refractivity contribution in [3.63, 3.8) is 0 Å². The van der Waals surface area contributed by atoms with Gasteiger partial charge in [0.15, 0.2) is 0 Å². The molecule has 110 valence electrons. The molecule has 21 heavy (non-hydrogen) atoms. The summed E-state index contributed by atoms with van der Waals surface area (Å²) in [4.78, 5) is 14.2. The molecule has 2 aromatic carbocycles. The summed E-state index contributed by atoms with van der Waals surface area (Å²) < 4.78 is 13.2. The van der Waals surface area contributed by atoms with Gasteiger partial charge >= 0.3 is 0 Å². The van der Waals surface area contributed by atoms with Crippen LogP contribution in [0.25, 0.3) is 0 Å². The van der Waals surface area contributed by atoms with Crippen LogP contribution in [0.2, 0.25) is 0 Å². The molecular formula is C17H19FN2O. The smallest absolute Gasteiger partial charge is 0.254 e. The Kier molecular flexibility index (Phi) is 4.58. The number of nitrogens with zero attached hydrogens (tertiary/aromatic N) is 1. The average molecular weight is 286 g/mol. The highest BCUT2D eigenvalue weighted by molar-refractivity contribution is 5.95. The van der Waals surface area contributed by atoms with Gasteiger partial charge in [0.25, 0.3) is 5.91 Å². The second-order valence-corrected chi connectivity index (χ2v) is 5.08. The van der Waals surface area contributed by atoms with Gasteiger partial charge in [0.05, 0.1) is 0 Å². The van der Waals surface area contributed by atoms with Crippen molar-refractivity contribution < 1.29 is 9.18 Å². The number of benzene rings is 2. The Balaban J connectivity index is 2.22. The van der Waals surface area contributed by atoms with E-state index in [1.807, 2.05) is 32.0 Å². The molecule has 0 aliphatic rings. The maximum atomic E-state index is 13.2. The highest BCUT2D eigenvalue weighted by atomic mass is 19.1. The van der Waals surface area contributed by atoms with Crippen molar-refractivity contribution in [1.29, 1.82) is 0 Å². The molecule has 0 heterocycles. The van der Waals surface area contributed by atoms with Crippen LogP contribution in [0.3, 0.4) is 0 Å². The molecule has 1 amide bonds. The molecule has 4 heteroatoms. The minimum atomic E-state index is -0.296. The number of amides is 1. The zero-order valence-corrected chi connectivity index (χ0v) is 12.3. The van der Waals surface area contributed by atoms with Gasteiger partial charge in [-0.25, -0.2) is 4.39 Å². The van der Waals surface area contributed by atoms with E-state index >= 15 is 0 Å². The Bertz CT molecular complexity index is 635. The van der Waals surface area contributed by atoms with Crippen LogP contribution in [0.1, 0.15) is 28.4 Å². The lowest BCUT2D eigenvalue weighted by atomic mass is 10.1. The van der Waals surface area contributed by atoms with Gasteiger partial charge in [0.1, 0.15) is 5.82 Å². The quantitative estimate of drug-likeness (QED) is 0.876. The van der Waals surface area contributed by atoms with E-state index in [-0.39, 0.29) is 11.7 Å². The Hall–Kier alpha value is -2.36. The molecule has 2 rings (SSSR count). The number of aryl methyl sites for hydroxylation is 1. The SMILES string of the molecule is CCN(Cc1cccc(F)c1)C(=O)c1cc(C)cc(N)c1. The summed E-state index contributed by atoms with van der Waals surface area (Å²) in [7, 11) is 0. The van der Waals surface area contributed by atoms with Crippen LogP contribution in [-0.2, 0) is 6.54 Å². The van der Waals surface area contributed by atoms with Crippen molar-refractivity contribution in [2.75, 3.05) is 12.3 Å². The molecule has 0 saturated heterocycles. The number of nitrogens with two attached hydrogens (primary N) is 1. The lowest BCUT2D eigenvalue weighted by molar-refractivity contribution is 0.0752. The minimum Gasteiger partial charge on any atom is -0.399 e. The number of carbonyl (C=O) groups is 1. The number of anilines is 1. The normalized spacial score (nSPS) is 10.4. The summed E-state index contributed by atoms with van der Waals surface area (Å²) in [5.74, 6) is -0.395. The zero-order chi connectivity index (χ0) is 15.4. The Morgan fingerprint density at radius 3 is 2.62 bits per heavy atom. The zero-order valence-electron chi connectivity index (χ0n) is 12.3. The highest BCUT2D eigenvalue weighted by Gasteiger charge is 2.15. The first-order valence-electron chi connectivity index (χ1n) is 6.90. The van der Waals surface area contributed by atoms with Gasteiger partial charge in [-0.15, -0.1) is 0 Å². The van der Waals surface area contributed by atoms with Crippen molar-refractivity contribution >= 4 is 11.6 Å². The number of carbonyl (C=O) groups excluding carboxylic acids is 1. The summed E-state index contributed by atoms with van der Waals surface area (Å²) >= 11 is 0. The molecule has 0 aromatic heterocycles. The maximum Gasteiger partial charge on any atom is 0.254 e. The standard InChI is InChI=1S/C17H19FN2O/c1-3-20(11-13-5-4-6-15(18)9-13)17(21)14-7-12(2)8-16(19)10-14/h4-10H,3,11,19H2,1-2H3. The van der Waals surface area contributed by atoms with E-state index in [0.29, 0.717) is 24.3 Å². The van der Waals surface area contributed by atoms with Crippen molar-refractivity contribution in [3.05, 3.63) is 65.0 Å². The van der Waals surface area contributed by atoms with E-state index < -0.39 is 0 Å². The van der Waals surface area contributed by atoms with Gasteiger partial charge in [0, 0.05) is 24.3 Å². The molecule has 0 aliphatic carbocycles. The molecule has 0 saturated carbocycles. The van der Waals surface area contributed by atoms with Crippen LogP contribution >= 0.6 is 0 Å². The van der Waals surface area contributed by atoms with Crippen LogP contribution in [0, 0.1) is 12.7 Å². The molecule has 0 unspecified atom stereocenters. The lowest BCUT2D eigenvalue weighted by Crippen LogP contribution is -2.30. The van der Waals surface area contributed by atoms with Crippen LogP contribution in [-0.4, -0.2) is 17.4 Å². The first-order valence-corrected chi connectivity index (χ1v) is 6.90. The number of rotatable bonds is 4. The molecule has 0 bridgehead atoms. The molecule has 2 aromatic rings. The number of hydrogen-bond acceptors (Lipinski definition) is 2. The fourth-order valence-electron chi connectivity index (χ4n) is 2.30. The summed E-state index contributed by atoms with van der Waals surface area (Å²) in [6.07, 6.45) is 0. The average Bonchev–Trinajstić information content (AvgIpc) is 2.43. The molecule has 0 aliphatic heterocycles. The van der Waals surface area contributed by atoms with Gasteiger partial charge in [-0.3, -0.25) is 4.79 Å². The molecule has 0 radical (unpaired) electrons. The molecule has 0 atom stereocenters. The van der Waals surface area contributed by atoms with Crippen LogP contribution < -0.4 is 5.73 Å². The van der Waals surface area contributed by atoms with Gasteiger partial charge in [-0.1, -0.05) is 12.1 Å². The monoisotopic (exact) mass is 286 g/mol. The molecular weight excluding hydrogens is 267 g/mol. The minimum absolute atomic E-state index is 0.0999. The van der Waals surface area contributed by atoms with Crippen LogP contribution in [0.4, 0.5) is 10.1 Å². The Labute approximate surface area is 124 Å². The highest BCUT2D eigenvalue weighted by Crippen LogP contribution is 2.15. The van der Waals surface area contributed by atoms with Crippen molar-refractivity contribution in [2.45, 2.75) is 20.4 Å². The van der Waals surface area contributed by atoms with Crippen molar-refractivity contribution in [2.24, 2.45) is 0 Å². The third-order valence-corrected chi connectivity index (χ3v) is 3.28. The maximum absolute atomic E-state index is 13.2. The summed E-state index contributed by atoms with van der Waals surface area (Å²) in [6.45, 7) is 4.72. The Morgan fingerprint density at radius 2 is 2.00 bits per heavy atom. The van der Waals surface area contributed by atoms with Crippen molar-refractivity contribution in [3.8, 4) is 0 Å². The third-order valence-electron chi connectivity index (χ3n) is 3.28. The van der Waals surface area contributed by atoms with E-state index in [1.54, 1.807) is 17.0 Å². The summed E-state index contributed by atoms with van der Waals surface area (Å²) in [5.41, 5.74) is 8.64. The second-order valence-electron chi connectivity index (χ2n) is 5.08. The van der Waals surface area contributed by atoms with Gasteiger partial charge in [-0.2, -0.15) is 0 Å². The Morgan fingerprint density at radius 1 is 1.24 bits per heavy atom. The fourth-order valence-corrected chi connectivity index (χ4v) is 2.30. The third kappa shape index (κ3) is 3.81. The van der Waals surface area contributed by atoms with E-state index in [4.69, 9.17) is 5.73 Å². The summed E-state index contributed by atoms with van der Waals surface area (Å²) in [5, 5.41) is 0. The van der Waals surface area contributed by atoms with E-state index in [2.05, 4.69) is 0 Å². The number of nitrogen functional groups attached to an aromatic ring is 1. The summed E-state index contributed by atoms with van der Waals surface area (Å²) in [6, 6.07) is 11.6. The fraction of sp³-hybridized carbons (Fsp3) is 0.235.